The van der Waals surface area contributed by atoms with Crippen LogP contribution in [0.3, 0.4) is 0 Å². The highest BCUT2D eigenvalue weighted by Crippen LogP contribution is 2.02. The van der Waals surface area contributed by atoms with Crippen molar-refractivity contribution in [2.45, 2.75) is 6.92 Å². The molecule has 1 heterocycles. The Morgan fingerprint density at radius 1 is 1.25 bits per heavy atom. The van der Waals surface area contributed by atoms with Gasteiger partial charge in [-0.25, -0.2) is 13.2 Å². The summed E-state index contributed by atoms with van der Waals surface area (Å²) in [7, 11) is -2.92. The monoisotopic (exact) mass is 250 g/mol. The number of hydrogen-bond donors (Lipinski definition) is 1. The molecule has 1 N–H and O–H groups in total. The van der Waals surface area contributed by atoms with Gasteiger partial charge in [-0.15, -0.1) is 0 Å². The van der Waals surface area contributed by atoms with E-state index in [4.69, 9.17) is 5.11 Å². The lowest BCUT2D eigenvalue weighted by atomic mass is 10.3. The van der Waals surface area contributed by atoms with E-state index in [0.717, 1.165) is 0 Å². The van der Waals surface area contributed by atoms with Gasteiger partial charge in [-0.3, -0.25) is 4.90 Å². The molecule has 1 saturated heterocycles. The fraction of sp³-hybridized carbons (Fsp3) is 0.889. The fourth-order valence-corrected chi connectivity index (χ4v) is 2.40. The van der Waals surface area contributed by atoms with Crippen molar-refractivity contribution in [2.75, 3.05) is 44.2 Å². The Bertz CT molecular complexity index is 333. The minimum Gasteiger partial charge on any atom is -0.465 e. The third-order valence-corrected chi connectivity index (χ3v) is 4.49. The largest absolute Gasteiger partial charge is 0.465 e. The summed E-state index contributed by atoms with van der Waals surface area (Å²) < 4.78 is 22.6. The standard InChI is InChI=1S/C9H18N2O4S/c1-2-16(14,15)8-7-10-3-5-11(6-4-10)9(12)13/h2-8H2,1H3,(H,12,13). The minimum atomic E-state index is -2.92. The van der Waals surface area contributed by atoms with Crippen molar-refractivity contribution in [1.29, 1.82) is 0 Å². The van der Waals surface area contributed by atoms with Crippen LogP contribution in [0.25, 0.3) is 0 Å². The Balaban J connectivity index is 2.30. The van der Waals surface area contributed by atoms with Crippen molar-refractivity contribution in [3.8, 4) is 0 Å². The molecule has 0 aliphatic carbocycles. The average Bonchev–Trinajstić information content (AvgIpc) is 2.27. The summed E-state index contributed by atoms with van der Waals surface area (Å²) in [5, 5.41) is 8.73. The van der Waals surface area contributed by atoms with E-state index in [1.54, 1.807) is 6.92 Å². The Labute approximate surface area is 95.8 Å². The molecular weight excluding hydrogens is 232 g/mol. The first-order valence-electron chi connectivity index (χ1n) is 5.35. The second kappa shape index (κ2) is 5.49. The normalized spacial score (nSPS) is 18.7. The van der Waals surface area contributed by atoms with Gasteiger partial charge in [0, 0.05) is 38.5 Å². The molecule has 1 aliphatic heterocycles. The molecule has 1 amide bonds. The van der Waals surface area contributed by atoms with Crippen molar-refractivity contribution >= 4 is 15.9 Å². The Morgan fingerprint density at radius 3 is 2.25 bits per heavy atom. The van der Waals surface area contributed by atoms with Crippen LogP contribution >= 0.6 is 0 Å². The lowest BCUT2D eigenvalue weighted by Crippen LogP contribution is -2.49. The lowest BCUT2D eigenvalue weighted by Gasteiger charge is -2.32. The maximum absolute atomic E-state index is 11.3. The minimum absolute atomic E-state index is 0.163. The number of carboxylic acid groups (broad SMARTS) is 1. The molecule has 1 rings (SSSR count). The van der Waals surface area contributed by atoms with E-state index in [-0.39, 0.29) is 11.5 Å². The van der Waals surface area contributed by atoms with E-state index in [9.17, 15) is 13.2 Å². The molecule has 94 valence electrons. The maximum Gasteiger partial charge on any atom is 0.407 e. The van der Waals surface area contributed by atoms with E-state index in [1.807, 2.05) is 4.90 Å². The second-order valence-corrected chi connectivity index (χ2v) is 6.32. The van der Waals surface area contributed by atoms with Gasteiger partial charge in [0.1, 0.15) is 0 Å². The van der Waals surface area contributed by atoms with Gasteiger partial charge in [-0.2, -0.15) is 0 Å². The number of nitrogens with zero attached hydrogens (tertiary/aromatic N) is 2. The number of rotatable bonds is 4. The van der Waals surface area contributed by atoms with Gasteiger partial charge >= 0.3 is 6.09 Å². The van der Waals surface area contributed by atoms with Crippen molar-refractivity contribution in [1.82, 2.24) is 9.80 Å². The topological polar surface area (TPSA) is 77.9 Å². The first kappa shape index (κ1) is 13.2. The van der Waals surface area contributed by atoms with Gasteiger partial charge in [-0.05, 0) is 0 Å². The number of piperazine rings is 1. The number of hydrogen-bond acceptors (Lipinski definition) is 4. The third-order valence-electron chi connectivity index (χ3n) is 2.80. The molecule has 0 aromatic carbocycles. The van der Waals surface area contributed by atoms with Crippen molar-refractivity contribution in [3.05, 3.63) is 0 Å². The van der Waals surface area contributed by atoms with Crippen LogP contribution in [-0.4, -0.2) is 73.6 Å². The SMILES string of the molecule is CCS(=O)(=O)CCN1CCN(C(=O)O)CC1. The van der Waals surface area contributed by atoms with E-state index in [2.05, 4.69) is 0 Å². The molecule has 16 heavy (non-hydrogen) atoms. The highest BCUT2D eigenvalue weighted by atomic mass is 32.2. The lowest BCUT2D eigenvalue weighted by molar-refractivity contribution is 0.108. The molecule has 0 spiro atoms. The van der Waals surface area contributed by atoms with Crippen LogP contribution in [0, 0.1) is 0 Å². The molecule has 0 aromatic rings. The Kier molecular flexibility index (Phi) is 4.55. The number of carbonyl (C=O) groups is 1. The van der Waals surface area contributed by atoms with E-state index < -0.39 is 15.9 Å². The van der Waals surface area contributed by atoms with Crippen molar-refractivity contribution in [2.24, 2.45) is 0 Å². The van der Waals surface area contributed by atoms with Crippen LogP contribution in [0.4, 0.5) is 4.79 Å². The Hall–Kier alpha value is -0.820. The quantitative estimate of drug-likeness (QED) is 0.742. The first-order chi connectivity index (χ1) is 7.44. The second-order valence-electron chi connectivity index (χ2n) is 3.85. The summed E-state index contributed by atoms with van der Waals surface area (Å²) in [4.78, 5) is 14.0. The third kappa shape index (κ3) is 3.97. The van der Waals surface area contributed by atoms with Crippen LogP contribution in [0.2, 0.25) is 0 Å². The molecule has 0 radical (unpaired) electrons. The van der Waals surface area contributed by atoms with Gasteiger partial charge in [0.25, 0.3) is 0 Å². The van der Waals surface area contributed by atoms with E-state index in [0.29, 0.717) is 32.7 Å². The highest BCUT2D eigenvalue weighted by Gasteiger charge is 2.21. The van der Waals surface area contributed by atoms with Gasteiger partial charge in [0.15, 0.2) is 9.84 Å². The average molecular weight is 250 g/mol. The van der Waals surface area contributed by atoms with Gasteiger partial charge in [0.05, 0.1) is 5.75 Å². The summed E-state index contributed by atoms with van der Waals surface area (Å²) in [6, 6.07) is 0. The maximum atomic E-state index is 11.3. The molecule has 6 nitrogen and oxygen atoms in total. The van der Waals surface area contributed by atoms with E-state index >= 15 is 0 Å². The predicted octanol–water partition coefficient (Wildman–Crippen LogP) is -0.283. The van der Waals surface area contributed by atoms with Crippen LogP contribution in [-0.2, 0) is 9.84 Å². The summed E-state index contributed by atoms with van der Waals surface area (Å²) in [5.41, 5.74) is 0. The molecule has 1 aliphatic rings. The van der Waals surface area contributed by atoms with Crippen LogP contribution in [0.5, 0.6) is 0 Å². The summed E-state index contributed by atoms with van der Waals surface area (Å²) >= 11 is 0. The molecule has 0 aromatic heterocycles. The highest BCUT2D eigenvalue weighted by molar-refractivity contribution is 7.91. The summed E-state index contributed by atoms with van der Waals surface area (Å²) in [6.45, 7) is 4.29. The zero-order valence-corrected chi connectivity index (χ0v) is 10.2. The number of amides is 1. The van der Waals surface area contributed by atoms with E-state index in [1.165, 1.54) is 4.90 Å². The molecule has 0 unspecified atom stereocenters. The van der Waals surface area contributed by atoms with Gasteiger partial charge in [0.2, 0.25) is 0 Å². The van der Waals surface area contributed by atoms with Crippen molar-refractivity contribution in [3.63, 3.8) is 0 Å². The summed E-state index contributed by atoms with van der Waals surface area (Å²) in [6.07, 6.45) is -0.902. The predicted molar refractivity (Wildman–Crippen MR) is 60.4 cm³/mol. The van der Waals surface area contributed by atoms with Crippen molar-refractivity contribution < 1.29 is 18.3 Å². The molecule has 0 atom stereocenters. The Morgan fingerprint density at radius 2 is 1.81 bits per heavy atom. The van der Waals surface area contributed by atoms with Crippen LogP contribution in [0.1, 0.15) is 6.92 Å². The smallest absolute Gasteiger partial charge is 0.407 e. The molecule has 1 fully saturated rings. The zero-order valence-electron chi connectivity index (χ0n) is 9.42. The summed E-state index contributed by atoms with van der Waals surface area (Å²) in [5.74, 6) is 0.332. The fourth-order valence-electron chi connectivity index (χ4n) is 1.58. The van der Waals surface area contributed by atoms with Gasteiger partial charge < -0.3 is 10.0 Å². The zero-order chi connectivity index (χ0) is 12.2. The molecule has 0 saturated carbocycles. The van der Waals surface area contributed by atoms with Crippen LogP contribution in [0.15, 0.2) is 0 Å². The van der Waals surface area contributed by atoms with Gasteiger partial charge in [-0.1, -0.05) is 6.92 Å². The first-order valence-corrected chi connectivity index (χ1v) is 7.17. The molecular formula is C9H18N2O4S. The van der Waals surface area contributed by atoms with Crippen LogP contribution < -0.4 is 0 Å². The molecule has 0 bridgehead atoms. The number of sulfone groups is 1. The molecule has 7 heteroatoms.